The number of amides is 4. The summed E-state index contributed by atoms with van der Waals surface area (Å²) in [5.41, 5.74) is 6.84. The molecule has 13 nitrogen and oxygen atoms in total. The van der Waals surface area contributed by atoms with Gasteiger partial charge in [0, 0.05) is 46.7 Å². The van der Waals surface area contributed by atoms with Crippen molar-refractivity contribution in [1.29, 1.82) is 0 Å². The second-order valence-electron chi connectivity index (χ2n) is 15.6. The summed E-state index contributed by atoms with van der Waals surface area (Å²) in [4.78, 5) is 70.3. The van der Waals surface area contributed by atoms with E-state index >= 15 is 0 Å². The Morgan fingerprint density at radius 3 is 2.23 bits per heavy atom. The lowest BCUT2D eigenvalue weighted by Crippen LogP contribution is -2.58. The molecule has 1 unspecified atom stereocenters. The number of nitrogens with one attached hydrogen (secondary N) is 2. The second kappa shape index (κ2) is 20.8. The summed E-state index contributed by atoms with van der Waals surface area (Å²) in [7, 11) is 4.76. The molecule has 4 amide bonds. The molecule has 2 fully saturated rings. The van der Waals surface area contributed by atoms with Crippen LogP contribution in [-0.2, 0) is 39.9 Å². The molecular weight excluding hydrogens is 678 g/mol. The molecule has 13 heteroatoms. The van der Waals surface area contributed by atoms with Crippen molar-refractivity contribution in [3.05, 3.63) is 35.9 Å². The van der Waals surface area contributed by atoms with Crippen LogP contribution in [0.15, 0.2) is 30.3 Å². The maximum Gasteiger partial charge on any atom is 0.326 e. The third kappa shape index (κ3) is 12.0. The number of hydrogen-bond donors (Lipinski definition) is 4. The number of benzene rings is 1. The van der Waals surface area contributed by atoms with E-state index in [0.29, 0.717) is 25.8 Å². The fourth-order valence-electron chi connectivity index (χ4n) is 8.19. The van der Waals surface area contributed by atoms with E-state index < -0.39 is 54.2 Å². The lowest BCUT2D eigenvalue weighted by Gasteiger charge is -2.41. The molecule has 1 heterocycles. The van der Waals surface area contributed by atoms with E-state index in [1.807, 2.05) is 58.0 Å². The molecule has 1 aromatic rings. The zero-order valence-electron chi connectivity index (χ0n) is 33.1. The van der Waals surface area contributed by atoms with E-state index in [9.17, 15) is 29.1 Å². The van der Waals surface area contributed by atoms with Crippen LogP contribution in [0.25, 0.3) is 0 Å². The lowest BCUT2D eigenvalue weighted by molar-refractivity contribution is -0.148. The number of likely N-dealkylation sites (N-methyl/N-ethyl adjacent to an activating group) is 1. The minimum atomic E-state index is -1.14. The van der Waals surface area contributed by atoms with Crippen LogP contribution in [0.2, 0.25) is 0 Å². The van der Waals surface area contributed by atoms with Gasteiger partial charge in [0.15, 0.2) is 0 Å². The van der Waals surface area contributed by atoms with Crippen molar-refractivity contribution in [2.75, 3.05) is 27.8 Å². The van der Waals surface area contributed by atoms with Gasteiger partial charge in [0.1, 0.15) is 12.1 Å². The average molecular weight is 744 g/mol. The molecule has 2 aliphatic rings. The number of methoxy groups -OCH3 is 2. The van der Waals surface area contributed by atoms with E-state index in [4.69, 9.17) is 15.2 Å². The van der Waals surface area contributed by atoms with Gasteiger partial charge < -0.3 is 40.7 Å². The molecule has 1 aliphatic heterocycles. The molecule has 1 saturated heterocycles. The van der Waals surface area contributed by atoms with Gasteiger partial charge in [-0.25, -0.2) is 4.79 Å². The highest BCUT2D eigenvalue weighted by Crippen LogP contribution is 2.30. The lowest BCUT2D eigenvalue weighted by atomic mass is 9.89. The van der Waals surface area contributed by atoms with E-state index in [1.165, 1.54) is 7.11 Å². The Balaban J connectivity index is 1.73. The zero-order chi connectivity index (χ0) is 39.4. The van der Waals surface area contributed by atoms with Crippen molar-refractivity contribution in [3.8, 4) is 0 Å². The van der Waals surface area contributed by atoms with Gasteiger partial charge in [-0.3, -0.25) is 19.2 Å². The minimum absolute atomic E-state index is 0.00452. The Morgan fingerprint density at radius 1 is 1.00 bits per heavy atom. The minimum Gasteiger partial charge on any atom is -0.480 e. The first-order chi connectivity index (χ1) is 25.1. The largest absolute Gasteiger partial charge is 0.480 e. The van der Waals surface area contributed by atoms with Crippen molar-refractivity contribution in [3.63, 3.8) is 0 Å². The zero-order valence-corrected chi connectivity index (χ0v) is 33.1. The fourth-order valence-corrected chi connectivity index (χ4v) is 8.19. The van der Waals surface area contributed by atoms with Crippen LogP contribution in [0, 0.1) is 23.7 Å². The summed E-state index contributed by atoms with van der Waals surface area (Å²) in [6.07, 6.45) is 3.81. The quantitative estimate of drug-likeness (QED) is 0.156. The molecule has 0 aromatic heterocycles. The normalized spacial score (nSPS) is 22.7. The van der Waals surface area contributed by atoms with Crippen LogP contribution in [0.5, 0.6) is 0 Å². The van der Waals surface area contributed by atoms with Crippen LogP contribution in [0.4, 0.5) is 0 Å². The molecule has 0 spiro atoms. The Hall–Kier alpha value is -3.55. The standard InChI is InChI=1S/C40H65N5O8/c1-9-25(4)36(44(6)39(49)35(24(2)3)43-33(46)22-28-17-18-29(41)20-28)32(52-7)23-34(47)45-19-13-16-31(45)37(53-8)26(5)38(48)42-30(40(50)51)21-27-14-11-10-12-15-27/h10-12,14-15,24-26,28-32,35-37H,9,13,16-23,41H2,1-8H3,(H,42,48)(H,43,46)(H,50,51)/t25-,26+,28?,29-,30-,31-,32+,35-,36-,37+/m0/s1. The molecule has 3 rings (SSSR count). The third-order valence-electron chi connectivity index (χ3n) is 11.5. The number of ether oxygens (including phenoxy) is 2. The molecule has 1 aliphatic carbocycles. The molecule has 0 radical (unpaired) electrons. The molecule has 1 saturated carbocycles. The predicted octanol–water partition coefficient (Wildman–Crippen LogP) is 3.38. The molecule has 1 aromatic carbocycles. The SMILES string of the molecule is CC[C@H](C)[C@@H]([C@@H](CC(=O)N1CCC[C@H]1[C@H](OC)[C@@H](C)C(=O)N[C@@H](Cc1ccccc1)C(=O)O)OC)N(C)C(=O)[C@@H](NC(=O)CC1CC[C@H](N)C1)C(C)C. The predicted molar refractivity (Wildman–Crippen MR) is 203 cm³/mol. The van der Waals surface area contributed by atoms with Crippen LogP contribution >= 0.6 is 0 Å². The highest BCUT2D eigenvalue weighted by molar-refractivity contribution is 5.88. The molecule has 0 bridgehead atoms. The van der Waals surface area contributed by atoms with Gasteiger partial charge in [0.05, 0.1) is 36.6 Å². The van der Waals surface area contributed by atoms with Gasteiger partial charge >= 0.3 is 5.97 Å². The monoisotopic (exact) mass is 743 g/mol. The summed E-state index contributed by atoms with van der Waals surface area (Å²) in [6.45, 7) is 10.0. The number of aliphatic carboxylic acids is 1. The second-order valence-corrected chi connectivity index (χ2v) is 15.6. The number of nitrogens with two attached hydrogens (primary N) is 1. The van der Waals surface area contributed by atoms with Crippen LogP contribution in [-0.4, -0.2) is 115 Å². The maximum atomic E-state index is 14.1. The third-order valence-corrected chi connectivity index (χ3v) is 11.5. The van der Waals surface area contributed by atoms with Crippen LogP contribution in [0.1, 0.15) is 91.5 Å². The topological polar surface area (TPSA) is 181 Å². The first-order valence-corrected chi connectivity index (χ1v) is 19.4. The molecule has 298 valence electrons. The van der Waals surface area contributed by atoms with Crippen molar-refractivity contribution in [1.82, 2.24) is 20.4 Å². The number of carbonyl (C=O) groups excluding carboxylic acids is 4. The van der Waals surface area contributed by atoms with Gasteiger partial charge in [0.25, 0.3) is 0 Å². The Morgan fingerprint density at radius 2 is 1.68 bits per heavy atom. The van der Waals surface area contributed by atoms with E-state index in [-0.39, 0.29) is 54.4 Å². The number of carbonyl (C=O) groups is 5. The first-order valence-electron chi connectivity index (χ1n) is 19.4. The summed E-state index contributed by atoms with van der Waals surface area (Å²) >= 11 is 0. The van der Waals surface area contributed by atoms with Gasteiger partial charge in [-0.2, -0.15) is 0 Å². The first kappa shape index (κ1) is 43.9. The fraction of sp³-hybridized carbons (Fsp3) is 0.725. The summed E-state index contributed by atoms with van der Waals surface area (Å²) in [5.74, 6) is -2.92. The average Bonchev–Trinajstić information content (AvgIpc) is 3.78. The number of rotatable bonds is 20. The summed E-state index contributed by atoms with van der Waals surface area (Å²) in [5, 5.41) is 15.6. The Bertz CT molecular complexity index is 1360. The van der Waals surface area contributed by atoms with Crippen molar-refractivity contribution < 1.29 is 38.6 Å². The Kier molecular flexibility index (Phi) is 17.2. The molecule has 53 heavy (non-hydrogen) atoms. The molecule has 5 N–H and O–H groups in total. The van der Waals surface area contributed by atoms with Crippen LogP contribution in [0.3, 0.4) is 0 Å². The van der Waals surface area contributed by atoms with Crippen molar-refractivity contribution in [2.24, 2.45) is 29.4 Å². The number of likely N-dealkylation sites (tertiary alicyclic amines) is 1. The van der Waals surface area contributed by atoms with Gasteiger partial charge in [0.2, 0.25) is 23.6 Å². The van der Waals surface area contributed by atoms with Gasteiger partial charge in [-0.1, -0.05) is 71.4 Å². The van der Waals surface area contributed by atoms with E-state index in [2.05, 4.69) is 10.6 Å². The molecular formula is C40H65N5O8. The van der Waals surface area contributed by atoms with Gasteiger partial charge in [-0.05, 0) is 55.4 Å². The van der Waals surface area contributed by atoms with E-state index in [1.54, 1.807) is 30.9 Å². The van der Waals surface area contributed by atoms with Gasteiger partial charge in [-0.15, -0.1) is 0 Å². The van der Waals surface area contributed by atoms with Crippen molar-refractivity contribution in [2.45, 2.75) is 135 Å². The Labute approximate surface area is 316 Å². The molecule has 10 atom stereocenters. The maximum absolute atomic E-state index is 14.1. The summed E-state index contributed by atoms with van der Waals surface area (Å²) < 4.78 is 11.9. The summed E-state index contributed by atoms with van der Waals surface area (Å²) in [6, 6.07) is 6.47. The number of carboxylic acid groups (broad SMARTS) is 1. The number of nitrogens with zero attached hydrogens (tertiary/aromatic N) is 2. The van der Waals surface area contributed by atoms with Crippen molar-refractivity contribution >= 4 is 29.6 Å². The number of carboxylic acids is 1. The highest BCUT2D eigenvalue weighted by atomic mass is 16.5. The number of hydrogen-bond acceptors (Lipinski definition) is 8. The van der Waals surface area contributed by atoms with Crippen LogP contribution < -0.4 is 16.4 Å². The highest BCUT2D eigenvalue weighted by Gasteiger charge is 2.43. The van der Waals surface area contributed by atoms with E-state index in [0.717, 1.165) is 31.2 Å². The smallest absolute Gasteiger partial charge is 0.326 e.